The first-order valence-electron chi connectivity index (χ1n) is 9.32. The van der Waals surface area contributed by atoms with Crippen LogP contribution in [0.15, 0.2) is 36.4 Å². The van der Waals surface area contributed by atoms with E-state index in [-0.39, 0.29) is 36.1 Å². The van der Waals surface area contributed by atoms with Gasteiger partial charge in [0.2, 0.25) is 11.8 Å². The predicted molar refractivity (Wildman–Crippen MR) is 108 cm³/mol. The molecule has 2 amide bonds. The fourth-order valence-corrected chi connectivity index (χ4v) is 3.31. The summed E-state index contributed by atoms with van der Waals surface area (Å²) >= 11 is 0. The van der Waals surface area contributed by atoms with Crippen molar-refractivity contribution in [3.63, 3.8) is 0 Å². The fraction of sp³-hybridized carbons (Fsp3) is 0.333. The SMILES string of the molecule is COc1ccc(N2C[C@@H](C(=O)Nc3ccc(OC)c(OC(F)F)c3)CC2=O)c(OC)c1. The molecule has 2 aromatic rings. The maximum absolute atomic E-state index is 12.7. The van der Waals surface area contributed by atoms with Gasteiger partial charge in [0.1, 0.15) is 11.5 Å². The van der Waals surface area contributed by atoms with Crippen LogP contribution in [0, 0.1) is 5.92 Å². The number of nitrogens with one attached hydrogen (secondary N) is 1. The Bertz CT molecular complexity index is 969. The van der Waals surface area contributed by atoms with Crippen molar-refractivity contribution in [3.8, 4) is 23.0 Å². The number of anilines is 2. The molecule has 3 rings (SSSR count). The second-order valence-corrected chi connectivity index (χ2v) is 6.68. The van der Waals surface area contributed by atoms with Gasteiger partial charge >= 0.3 is 6.61 Å². The van der Waals surface area contributed by atoms with E-state index in [1.54, 1.807) is 18.2 Å². The van der Waals surface area contributed by atoms with Crippen LogP contribution < -0.4 is 29.2 Å². The molecule has 1 N–H and O–H groups in total. The summed E-state index contributed by atoms with van der Waals surface area (Å²) in [5, 5.41) is 2.64. The molecule has 0 saturated carbocycles. The van der Waals surface area contributed by atoms with Gasteiger partial charge in [0.05, 0.1) is 32.9 Å². The molecule has 0 radical (unpaired) electrons. The zero-order valence-corrected chi connectivity index (χ0v) is 17.2. The third-order valence-electron chi connectivity index (χ3n) is 4.82. The number of carbonyl (C=O) groups excluding carboxylic acids is 2. The Hall–Kier alpha value is -3.56. The summed E-state index contributed by atoms with van der Waals surface area (Å²) in [5.41, 5.74) is 0.773. The number of nitrogens with zero attached hydrogens (tertiary/aromatic N) is 1. The lowest BCUT2D eigenvalue weighted by Crippen LogP contribution is -2.28. The van der Waals surface area contributed by atoms with Gasteiger partial charge < -0.3 is 29.2 Å². The smallest absolute Gasteiger partial charge is 0.387 e. The number of hydrogen-bond acceptors (Lipinski definition) is 6. The molecule has 1 aliphatic heterocycles. The molecule has 10 heteroatoms. The van der Waals surface area contributed by atoms with Crippen LogP contribution in [0.1, 0.15) is 6.42 Å². The van der Waals surface area contributed by atoms with Gasteiger partial charge in [0.15, 0.2) is 11.5 Å². The van der Waals surface area contributed by atoms with Crippen molar-refractivity contribution in [2.45, 2.75) is 13.0 Å². The highest BCUT2D eigenvalue weighted by Gasteiger charge is 2.36. The van der Waals surface area contributed by atoms with E-state index >= 15 is 0 Å². The summed E-state index contributed by atoms with van der Waals surface area (Å²) in [5.74, 6) is -0.382. The molecule has 1 fully saturated rings. The van der Waals surface area contributed by atoms with Crippen LogP contribution in [0.5, 0.6) is 23.0 Å². The second-order valence-electron chi connectivity index (χ2n) is 6.68. The number of methoxy groups -OCH3 is 3. The minimum absolute atomic E-state index is 0.00242. The number of alkyl halides is 2. The van der Waals surface area contributed by atoms with Gasteiger partial charge in [0.25, 0.3) is 0 Å². The zero-order valence-electron chi connectivity index (χ0n) is 17.2. The number of benzene rings is 2. The predicted octanol–water partition coefficient (Wildman–Crippen LogP) is 3.31. The minimum Gasteiger partial charge on any atom is -0.497 e. The van der Waals surface area contributed by atoms with Crippen LogP contribution in [0.2, 0.25) is 0 Å². The topological polar surface area (TPSA) is 86.3 Å². The zero-order chi connectivity index (χ0) is 22.5. The monoisotopic (exact) mass is 436 g/mol. The van der Waals surface area contributed by atoms with E-state index in [4.69, 9.17) is 14.2 Å². The van der Waals surface area contributed by atoms with Gasteiger partial charge in [-0.3, -0.25) is 9.59 Å². The van der Waals surface area contributed by atoms with E-state index in [1.165, 1.54) is 44.4 Å². The van der Waals surface area contributed by atoms with Gasteiger partial charge in [-0.2, -0.15) is 8.78 Å². The van der Waals surface area contributed by atoms with Gasteiger partial charge in [0, 0.05) is 30.8 Å². The van der Waals surface area contributed by atoms with E-state index in [9.17, 15) is 18.4 Å². The second kappa shape index (κ2) is 9.50. The molecule has 0 aliphatic carbocycles. The van der Waals surface area contributed by atoms with Crippen LogP contribution in [0.4, 0.5) is 20.2 Å². The first kappa shape index (κ1) is 22.1. The molecule has 0 unspecified atom stereocenters. The normalized spacial score (nSPS) is 15.7. The quantitative estimate of drug-likeness (QED) is 0.684. The Morgan fingerprint density at radius 3 is 2.42 bits per heavy atom. The number of hydrogen-bond donors (Lipinski definition) is 1. The van der Waals surface area contributed by atoms with Gasteiger partial charge in [-0.05, 0) is 24.3 Å². The molecule has 31 heavy (non-hydrogen) atoms. The minimum atomic E-state index is -3.04. The van der Waals surface area contributed by atoms with Crippen LogP contribution >= 0.6 is 0 Å². The number of halogens is 2. The summed E-state index contributed by atoms with van der Waals surface area (Å²) in [6.45, 7) is -2.90. The molecule has 166 valence electrons. The lowest BCUT2D eigenvalue weighted by molar-refractivity contribution is -0.122. The number of rotatable bonds is 8. The molecular weight excluding hydrogens is 414 g/mol. The summed E-state index contributed by atoms with van der Waals surface area (Å²) < 4.78 is 45.1. The average Bonchev–Trinajstić information content (AvgIpc) is 3.14. The highest BCUT2D eigenvalue weighted by molar-refractivity contribution is 6.04. The highest BCUT2D eigenvalue weighted by atomic mass is 19.3. The van der Waals surface area contributed by atoms with Crippen molar-refractivity contribution in [2.75, 3.05) is 38.1 Å². The maximum Gasteiger partial charge on any atom is 0.387 e. The molecule has 1 heterocycles. The summed E-state index contributed by atoms with van der Waals surface area (Å²) in [4.78, 5) is 26.8. The van der Waals surface area contributed by atoms with E-state index in [2.05, 4.69) is 10.1 Å². The van der Waals surface area contributed by atoms with Crippen molar-refractivity contribution in [1.29, 1.82) is 0 Å². The van der Waals surface area contributed by atoms with Gasteiger partial charge in [-0.15, -0.1) is 0 Å². The lowest BCUT2D eigenvalue weighted by atomic mass is 10.1. The first-order chi connectivity index (χ1) is 14.9. The van der Waals surface area contributed by atoms with Crippen molar-refractivity contribution in [3.05, 3.63) is 36.4 Å². The van der Waals surface area contributed by atoms with Crippen LogP contribution in [0.3, 0.4) is 0 Å². The molecule has 1 atom stereocenters. The number of ether oxygens (including phenoxy) is 4. The molecule has 0 bridgehead atoms. The average molecular weight is 436 g/mol. The van der Waals surface area contributed by atoms with E-state index in [1.807, 2.05) is 0 Å². The Balaban J connectivity index is 1.74. The van der Waals surface area contributed by atoms with Crippen molar-refractivity contribution >= 4 is 23.2 Å². The fourth-order valence-electron chi connectivity index (χ4n) is 3.31. The standard InChI is InChI=1S/C21H22F2N2O6/c1-28-14-5-6-15(17(10-14)30-3)25-11-12(8-19(25)26)20(27)24-13-4-7-16(29-2)18(9-13)31-21(22)23/h4-7,9-10,12,21H,8,11H2,1-3H3,(H,24,27)/t12-/m0/s1. The van der Waals surface area contributed by atoms with E-state index < -0.39 is 18.4 Å². The van der Waals surface area contributed by atoms with Crippen molar-refractivity contribution in [1.82, 2.24) is 0 Å². The van der Waals surface area contributed by atoms with Crippen LogP contribution in [0.25, 0.3) is 0 Å². The maximum atomic E-state index is 12.7. The molecule has 0 aromatic heterocycles. The molecule has 2 aromatic carbocycles. The van der Waals surface area contributed by atoms with Crippen molar-refractivity contribution in [2.24, 2.45) is 5.92 Å². The van der Waals surface area contributed by atoms with Crippen LogP contribution in [-0.2, 0) is 9.59 Å². The number of amides is 2. The summed E-state index contributed by atoms with van der Waals surface area (Å²) in [7, 11) is 4.32. The van der Waals surface area contributed by atoms with Crippen LogP contribution in [-0.4, -0.2) is 46.3 Å². The Morgan fingerprint density at radius 1 is 1.03 bits per heavy atom. The molecule has 0 spiro atoms. The molecular formula is C21H22F2N2O6. The summed E-state index contributed by atoms with van der Waals surface area (Å²) in [6, 6.07) is 9.17. The lowest BCUT2D eigenvalue weighted by Gasteiger charge is -2.20. The van der Waals surface area contributed by atoms with Crippen molar-refractivity contribution < 1.29 is 37.3 Å². The Labute approximate surface area is 177 Å². The largest absolute Gasteiger partial charge is 0.497 e. The Morgan fingerprint density at radius 2 is 1.77 bits per heavy atom. The third-order valence-corrected chi connectivity index (χ3v) is 4.82. The number of carbonyl (C=O) groups is 2. The Kier molecular flexibility index (Phi) is 6.78. The van der Waals surface area contributed by atoms with Gasteiger partial charge in [-0.1, -0.05) is 0 Å². The van der Waals surface area contributed by atoms with Gasteiger partial charge in [-0.25, -0.2) is 0 Å². The molecule has 1 aliphatic rings. The molecule has 1 saturated heterocycles. The first-order valence-corrected chi connectivity index (χ1v) is 9.32. The summed E-state index contributed by atoms with van der Waals surface area (Å²) in [6.07, 6.45) is -0.00242. The van der Waals surface area contributed by atoms with E-state index in [0.717, 1.165) is 0 Å². The highest BCUT2D eigenvalue weighted by Crippen LogP contribution is 2.36. The molecule has 8 nitrogen and oxygen atoms in total. The van der Waals surface area contributed by atoms with E-state index in [0.29, 0.717) is 17.2 Å². The third kappa shape index (κ3) is 4.96.